The third-order valence-electron chi connectivity index (χ3n) is 4.18. The number of nitrogens with zero attached hydrogens (tertiary/aromatic N) is 1. The molecule has 0 saturated heterocycles. The molecule has 0 saturated carbocycles. The molecule has 0 bridgehead atoms. The maximum absolute atomic E-state index is 12.8. The van der Waals surface area contributed by atoms with Crippen molar-refractivity contribution >= 4 is 11.8 Å². The zero-order chi connectivity index (χ0) is 19.8. The van der Waals surface area contributed by atoms with E-state index in [1.807, 2.05) is 63.2 Å². The minimum atomic E-state index is -0.597. The minimum Gasteiger partial charge on any atom is -0.484 e. The fraction of sp³-hybridized carbons (Fsp3) is 0.364. The van der Waals surface area contributed by atoms with E-state index in [1.165, 1.54) is 0 Å². The molecule has 5 nitrogen and oxygen atoms in total. The molecule has 0 aliphatic rings. The van der Waals surface area contributed by atoms with E-state index in [0.717, 1.165) is 11.1 Å². The van der Waals surface area contributed by atoms with E-state index in [2.05, 4.69) is 5.32 Å². The number of hydrogen-bond acceptors (Lipinski definition) is 3. The van der Waals surface area contributed by atoms with Gasteiger partial charge in [-0.1, -0.05) is 48.0 Å². The summed E-state index contributed by atoms with van der Waals surface area (Å²) in [5.41, 5.74) is 2.12. The van der Waals surface area contributed by atoms with Crippen LogP contribution in [0.15, 0.2) is 54.6 Å². The Morgan fingerprint density at radius 2 is 1.63 bits per heavy atom. The molecule has 0 unspecified atom stereocenters. The molecule has 2 amide bonds. The van der Waals surface area contributed by atoms with E-state index in [1.54, 1.807) is 24.0 Å². The summed E-state index contributed by atoms with van der Waals surface area (Å²) in [6.45, 7) is 7.79. The lowest BCUT2D eigenvalue weighted by atomic mass is 10.1. The van der Waals surface area contributed by atoms with Crippen molar-refractivity contribution in [1.29, 1.82) is 0 Å². The van der Waals surface area contributed by atoms with Gasteiger partial charge in [-0.2, -0.15) is 0 Å². The summed E-state index contributed by atoms with van der Waals surface area (Å²) in [4.78, 5) is 26.9. The standard InChI is InChI=1S/C22H28N2O3/c1-16(2)23-22(26)18(4)24(14-19-12-10-17(3)11-13-19)21(25)15-27-20-8-6-5-7-9-20/h5-13,16,18H,14-15H2,1-4H3,(H,23,26)/t18-/m1/s1. The zero-order valence-electron chi connectivity index (χ0n) is 16.4. The summed E-state index contributed by atoms with van der Waals surface area (Å²) in [6.07, 6.45) is 0. The number of ether oxygens (including phenoxy) is 1. The highest BCUT2D eigenvalue weighted by Crippen LogP contribution is 2.13. The topological polar surface area (TPSA) is 58.6 Å². The van der Waals surface area contributed by atoms with Gasteiger partial charge in [-0.3, -0.25) is 9.59 Å². The normalized spacial score (nSPS) is 11.7. The molecule has 5 heteroatoms. The highest BCUT2D eigenvalue weighted by Gasteiger charge is 2.26. The number of nitrogens with one attached hydrogen (secondary N) is 1. The number of amides is 2. The lowest BCUT2D eigenvalue weighted by Crippen LogP contribution is -2.50. The highest BCUT2D eigenvalue weighted by atomic mass is 16.5. The number of benzene rings is 2. The minimum absolute atomic E-state index is 0.0110. The van der Waals surface area contributed by atoms with Gasteiger partial charge in [-0.05, 0) is 45.4 Å². The Hall–Kier alpha value is -2.82. The third-order valence-corrected chi connectivity index (χ3v) is 4.18. The molecule has 1 atom stereocenters. The summed E-state index contributed by atoms with van der Waals surface area (Å²) >= 11 is 0. The smallest absolute Gasteiger partial charge is 0.261 e. The SMILES string of the molecule is Cc1ccc(CN(C(=O)COc2ccccc2)[C@H](C)C(=O)NC(C)C)cc1. The second-order valence-electron chi connectivity index (χ2n) is 6.95. The van der Waals surface area contributed by atoms with Gasteiger partial charge >= 0.3 is 0 Å². The summed E-state index contributed by atoms with van der Waals surface area (Å²) in [6, 6.07) is 16.5. The number of carbonyl (C=O) groups excluding carboxylic acids is 2. The second kappa shape index (κ2) is 9.76. The zero-order valence-corrected chi connectivity index (χ0v) is 16.4. The molecular formula is C22H28N2O3. The number of aryl methyl sites for hydroxylation is 1. The van der Waals surface area contributed by atoms with Gasteiger partial charge in [0.15, 0.2) is 6.61 Å². The largest absolute Gasteiger partial charge is 0.484 e. The molecule has 27 heavy (non-hydrogen) atoms. The lowest BCUT2D eigenvalue weighted by molar-refractivity contribution is -0.142. The first-order valence-electron chi connectivity index (χ1n) is 9.20. The molecular weight excluding hydrogens is 340 g/mol. The fourth-order valence-electron chi connectivity index (χ4n) is 2.62. The van der Waals surface area contributed by atoms with Gasteiger partial charge < -0.3 is 15.0 Å². The van der Waals surface area contributed by atoms with Gasteiger partial charge in [0, 0.05) is 12.6 Å². The maximum atomic E-state index is 12.8. The van der Waals surface area contributed by atoms with Gasteiger partial charge in [-0.25, -0.2) is 0 Å². The van der Waals surface area contributed by atoms with Gasteiger partial charge in [0.05, 0.1) is 0 Å². The van der Waals surface area contributed by atoms with Crippen LogP contribution in [-0.2, 0) is 16.1 Å². The molecule has 0 aliphatic heterocycles. The van der Waals surface area contributed by atoms with Gasteiger partial charge in [0.25, 0.3) is 5.91 Å². The predicted molar refractivity (Wildman–Crippen MR) is 106 cm³/mol. The summed E-state index contributed by atoms with van der Waals surface area (Å²) < 4.78 is 5.59. The van der Waals surface area contributed by atoms with Crippen LogP contribution in [0.1, 0.15) is 31.9 Å². The average Bonchev–Trinajstić information content (AvgIpc) is 2.65. The fourth-order valence-corrected chi connectivity index (χ4v) is 2.62. The van der Waals surface area contributed by atoms with E-state index >= 15 is 0 Å². The molecule has 0 aliphatic carbocycles. The first-order valence-corrected chi connectivity index (χ1v) is 9.20. The van der Waals surface area contributed by atoms with Crippen LogP contribution in [-0.4, -0.2) is 35.4 Å². The van der Waals surface area contributed by atoms with Crippen LogP contribution < -0.4 is 10.1 Å². The average molecular weight is 368 g/mol. The summed E-state index contributed by atoms with van der Waals surface area (Å²) in [5, 5.41) is 2.87. The molecule has 0 fully saturated rings. The van der Waals surface area contributed by atoms with Crippen LogP contribution in [0.25, 0.3) is 0 Å². The third kappa shape index (κ3) is 6.44. The molecule has 0 aromatic heterocycles. The van der Waals surface area contributed by atoms with Crippen molar-refractivity contribution in [3.63, 3.8) is 0 Å². The lowest BCUT2D eigenvalue weighted by Gasteiger charge is -2.29. The van der Waals surface area contributed by atoms with Crippen LogP contribution in [0.5, 0.6) is 5.75 Å². The summed E-state index contributed by atoms with van der Waals surface area (Å²) in [5.74, 6) is 0.219. The Morgan fingerprint density at radius 1 is 1.00 bits per heavy atom. The van der Waals surface area contributed by atoms with Crippen LogP contribution >= 0.6 is 0 Å². The number of carbonyl (C=O) groups is 2. The van der Waals surface area contributed by atoms with E-state index < -0.39 is 6.04 Å². The molecule has 144 valence electrons. The van der Waals surface area contributed by atoms with Crippen molar-refractivity contribution in [2.45, 2.75) is 46.3 Å². The van der Waals surface area contributed by atoms with Crippen LogP contribution in [0.2, 0.25) is 0 Å². The number of hydrogen-bond donors (Lipinski definition) is 1. The van der Waals surface area contributed by atoms with Crippen LogP contribution in [0.4, 0.5) is 0 Å². The van der Waals surface area contributed by atoms with Crippen molar-refractivity contribution in [2.75, 3.05) is 6.61 Å². The van der Waals surface area contributed by atoms with E-state index in [9.17, 15) is 9.59 Å². The molecule has 0 spiro atoms. The Morgan fingerprint density at radius 3 is 2.22 bits per heavy atom. The van der Waals surface area contributed by atoms with E-state index in [-0.39, 0.29) is 24.5 Å². The van der Waals surface area contributed by atoms with Crippen molar-refractivity contribution in [1.82, 2.24) is 10.2 Å². The van der Waals surface area contributed by atoms with Crippen molar-refractivity contribution in [3.8, 4) is 5.75 Å². The Labute approximate surface area is 161 Å². The van der Waals surface area contributed by atoms with Gasteiger partial charge in [-0.15, -0.1) is 0 Å². The molecule has 0 heterocycles. The van der Waals surface area contributed by atoms with Gasteiger partial charge in [0.2, 0.25) is 5.91 Å². The summed E-state index contributed by atoms with van der Waals surface area (Å²) in [7, 11) is 0. The Kier molecular flexibility index (Phi) is 7.41. The number of para-hydroxylation sites is 1. The van der Waals surface area contributed by atoms with E-state index in [4.69, 9.17) is 4.74 Å². The maximum Gasteiger partial charge on any atom is 0.261 e. The molecule has 0 radical (unpaired) electrons. The van der Waals surface area contributed by atoms with Gasteiger partial charge in [0.1, 0.15) is 11.8 Å². The second-order valence-corrected chi connectivity index (χ2v) is 6.95. The molecule has 2 aromatic rings. The molecule has 2 rings (SSSR count). The Balaban J connectivity index is 2.12. The van der Waals surface area contributed by atoms with Crippen LogP contribution in [0.3, 0.4) is 0 Å². The predicted octanol–water partition coefficient (Wildman–Crippen LogP) is 3.32. The van der Waals surface area contributed by atoms with Crippen molar-refractivity contribution in [3.05, 3.63) is 65.7 Å². The van der Waals surface area contributed by atoms with Crippen molar-refractivity contribution < 1.29 is 14.3 Å². The van der Waals surface area contributed by atoms with Crippen LogP contribution in [0, 0.1) is 6.92 Å². The van der Waals surface area contributed by atoms with Crippen molar-refractivity contribution in [2.24, 2.45) is 0 Å². The Bertz CT molecular complexity index is 742. The first kappa shape index (κ1) is 20.5. The quantitative estimate of drug-likeness (QED) is 0.778. The monoisotopic (exact) mass is 368 g/mol. The molecule has 1 N–H and O–H groups in total. The number of rotatable bonds is 8. The highest BCUT2D eigenvalue weighted by molar-refractivity contribution is 5.88. The first-order chi connectivity index (χ1) is 12.9. The van der Waals surface area contributed by atoms with E-state index in [0.29, 0.717) is 12.3 Å². The molecule has 2 aromatic carbocycles.